The number of halogens is 2. The van der Waals surface area contributed by atoms with Gasteiger partial charge in [0.1, 0.15) is 5.75 Å². The van der Waals surface area contributed by atoms with Crippen molar-refractivity contribution < 1.29 is 18.3 Å². The molecule has 1 aromatic rings. The van der Waals surface area contributed by atoms with Crippen LogP contribution in [0.25, 0.3) is 0 Å². The van der Waals surface area contributed by atoms with Crippen molar-refractivity contribution in [2.75, 3.05) is 33.7 Å². The van der Waals surface area contributed by atoms with Gasteiger partial charge >= 0.3 is 12.6 Å². The second kappa shape index (κ2) is 8.82. The number of likely N-dealkylation sites (tertiary alicyclic amines) is 1. The second-order valence-corrected chi connectivity index (χ2v) is 6.21. The van der Waals surface area contributed by atoms with Gasteiger partial charge in [-0.15, -0.1) is 0 Å². The average Bonchev–Trinajstić information content (AvgIpc) is 2.56. The first kappa shape index (κ1) is 18.4. The average molecular weight is 341 g/mol. The molecule has 0 aliphatic carbocycles. The molecular weight excluding hydrogens is 316 g/mol. The van der Waals surface area contributed by atoms with Crippen molar-refractivity contribution in [1.82, 2.24) is 15.1 Å². The Morgan fingerprint density at radius 2 is 2.08 bits per heavy atom. The smallest absolute Gasteiger partial charge is 0.387 e. The molecular formula is C17H25F2N3O2. The lowest BCUT2D eigenvalue weighted by atomic mass is 10.1. The Labute approximate surface area is 141 Å². The molecule has 2 rings (SSSR count). The minimum absolute atomic E-state index is 0.0424. The summed E-state index contributed by atoms with van der Waals surface area (Å²) >= 11 is 0. The number of rotatable bonds is 6. The van der Waals surface area contributed by atoms with Crippen LogP contribution in [0.5, 0.6) is 5.75 Å². The number of carbonyl (C=O) groups excluding carboxylic acids is 1. The summed E-state index contributed by atoms with van der Waals surface area (Å²) in [5.74, 6) is 0.140. The molecule has 5 nitrogen and oxygen atoms in total. The highest BCUT2D eigenvalue weighted by atomic mass is 19.3. The molecule has 1 unspecified atom stereocenters. The van der Waals surface area contributed by atoms with Crippen LogP contribution in [0.1, 0.15) is 18.4 Å². The number of hydrogen-bond donors (Lipinski definition) is 1. The third kappa shape index (κ3) is 5.63. The molecule has 134 valence electrons. The van der Waals surface area contributed by atoms with Crippen molar-refractivity contribution in [2.45, 2.75) is 31.9 Å². The number of benzene rings is 1. The highest BCUT2D eigenvalue weighted by molar-refractivity contribution is 5.74. The van der Waals surface area contributed by atoms with E-state index < -0.39 is 6.61 Å². The summed E-state index contributed by atoms with van der Waals surface area (Å²) in [4.78, 5) is 16.2. The van der Waals surface area contributed by atoms with Crippen molar-refractivity contribution in [2.24, 2.45) is 0 Å². The first-order valence-electron chi connectivity index (χ1n) is 8.18. The maximum absolute atomic E-state index is 12.2. The molecule has 0 bridgehead atoms. The van der Waals surface area contributed by atoms with Crippen LogP contribution in [0.3, 0.4) is 0 Å². The second-order valence-electron chi connectivity index (χ2n) is 6.21. The predicted molar refractivity (Wildman–Crippen MR) is 88.5 cm³/mol. The van der Waals surface area contributed by atoms with Crippen molar-refractivity contribution >= 4 is 6.03 Å². The van der Waals surface area contributed by atoms with E-state index >= 15 is 0 Å². The maximum Gasteiger partial charge on any atom is 0.387 e. The fraction of sp³-hybridized carbons (Fsp3) is 0.588. The molecule has 2 amide bonds. The van der Waals surface area contributed by atoms with Crippen LogP contribution in [0.4, 0.5) is 13.6 Å². The number of ether oxygens (including phenoxy) is 1. The summed E-state index contributed by atoms with van der Waals surface area (Å²) in [5.41, 5.74) is 0.960. The molecule has 0 aromatic heterocycles. The highest BCUT2D eigenvalue weighted by Crippen LogP contribution is 2.15. The van der Waals surface area contributed by atoms with Crippen LogP contribution >= 0.6 is 0 Å². The zero-order valence-corrected chi connectivity index (χ0v) is 14.2. The largest absolute Gasteiger partial charge is 0.435 e. The Morgan fingerprint density at radius 1 is 1.38 bits per heavy atom. The Hall–Kier alpha value is -1.89. The van der Waals surface area contributed by atoms with Gasteiger partial charge in [0.25, 0.3) is 0 Å². The Balaban J connectivity index is 1.74. The third-order valence-electron chi connectivity index (χ3n) is 4.25. The van der Waals surface area contributed by atoms with Gasteiger partial charge in [-0.1, -0.05) is 12.1 Å². The number of hydrogen-bond acceptors (Lipinski definition) is 3. The van der Waals surface area contributed by atoms with Gasteiger partial charge in [-0.05, 0) is 51.1 Å². The molecule has 1 fully saturated rings. The van der Waals surface area contributed by atoms with Crippen LogP contribution in [0, 0.1) is 0 Å². The van der Waals surface area contributed by atoms with E-state index in [2.05, 4.69) is 15.0 Å². The third-order valence-corrected chi connectivity index (χ3v) is 4.25. The molecule has 24 heavy (non-hydrogen) atoms. The first-order chi connectivity index (χ1) is 11.5. The number of carbonyl (C=O) groups is 1. The molecule has 7 heteroatoms. The Kier molecular flexibility index (Phi) is 6.78. The molecule has 1 saturated heterocycles. The van der Waals surface area contributed by atoms with Crippen molar-refractivity contribution in [3.05, 3.63) is 29.8 Å². The lowest BCUT2D eigenvalue weighted by Gasteiger charge is -2.36. The fourth-order valence-electron chi connectivity index (χ4n) is 2.82. The highest BCUT2D eigenvalue weighted by Gasteiger charge is 2.24. The van der Waals surface area contributed by atoms with E-state index in [1.165, 1.54) is 12.1 Å². The summed E-state index contributed by atoms with van der Waals surface area (Å²) < 4.78 is 28.5. The van der Waals surface area contributed by atoms with Gasteiger partial charge in [0.05, 0.1) is 0 Å². The first-order valence-corrected chi connectivity index (χ1v) is 8.18. The van der Waals surface area contributed by atoms with E-state index in [-0.39, 0.29) is 11.8 Å². The van der Waals surface area contributed by atoms with Crippen LogP contribution in [0.15, 0.2) is 24.3 Å². The summed E-state index contributed by atoms with van der Waals surface area (Å²) in [5, 5.41) is 2.92. The number of likely N-dealkylation sites (N-methyl/N-ethyl adjacent to an activating group) is 1. The van der Waals surface area contributed by atoms with E-state index in [1.807, 2.05) is 19.0 Å². The minimum Gasteiger partial charge on any atom is -0.435 e. The molecule has 1 aromatic carbocycles. The fourth-order valence-corrected chi connectivity index (χ4v) is 2.82. The van der Waals surface area contributed by atoms with Crippen LogP contribution in [-0.2, 0) is 6.42 Å². The number of alkyl halides is 2. The van der Waals surface area contributed by atoms with E-state index in [0.717, 1.165) is 31.5 Å². The van der Waals surface area contributed by atoms with Gasteiger partial charge in [0, 0.05) is 25.7 Å². The standard InChI is InChI=1S/C17H25F2N3O2/c1-21(2)14-4-3-11-22(12-14)17(23)20-10-9-13-5-7-15(8-6-13)24-16(18)19/h5-8,14,16H,3-4,9-12H2,1-2H3,(H,20,23). The number of nitrogens with one attached hydrogen (secondary N) is 1. The monoisotopic (exact) mass is 341 g/mol. The van der Waals surface area contributed by atoms with Crippen molar-refractivity contribution in [3.63, 3.8) is 0 Å². The number of amides is 2. The van der Waals surface area contributed by atoms with Gasteiger partial charge in [0.2, 0.25) is 0 Å². The van der Waals surface area contributed by atoms with E-state index in [0.29, 0.717) is 19.0 Å². The van der Waals surface area contributed by atoms with E-state index in [4.69, 9.17) is 0 Å². The number of piperidine rings is 1. The topological polar surface area (TPSA) is 44.8 Å². The lowest BCUT2D eigenvalue weighted by molar-refractivity contribution is -0.0498. The molecule has 1 atom stereocenters. The van der Waals surface area contributed by atoms with Crippen molar-refractivity contribution in [3.8, 4) is 5.75 Å². The maximum atomic E-state index is 12.2. The van der Waals surface area contributed by atoms with Crippen molar-refractivity contribution in [1.29, 1.82) is 0 Å². The van der Waals surface area contributed by atoms with E-state index in [1.54, 1.807) is 12.1 Å². The Morgan fingerprint density at radius 3 is 2.71 bits per heavy atom. The van der Waals surface area contributed by atoms with Crippen LogP contribution in [-0.4, -0.2) is 62.2 Å². The van der Waals surface area contributed by atoms with Crippen LogP contribution in [0.2, 0.25) is 0 Å². The normalized spacial score (nSPS) is 18.1. The molecule has 0 radical (unpaired) electrons. The SMILES string of the molecule is CN(C)C1CCCN(C(=O)NCCc2ccc(OC(F)F)cc2)C1. The van der Waals surface area contributed by atoms with Gasteiger partial charge in [-0.25, -0.2) is 4.79 Å². The van der Waals surface area contributed by atoms with Crippen LogP contribution < -0.4 is 10.1 Å². The zero-order chi connectivity index (χ0) is 17.5. The van der Waals surface area contributed by atoms with E-state index in [9.17, 15) is 13.6 Å². The van der Waals surface area contributed by atoms with Gasteiger partial charge in [-0.3, -0.25) is 0 Å². The zero-order valence-electron chi connectivity index (χ0n) is 14.2. The molecule has 1 aliphatic rings. The molecule has 1 heterocycles. The minimum atomic E-state index is -2.81. The molecule has 0 saturated carbocycles. The summed E-state index contributed by atoms with van der Waals surface area (Å²) in [7, 11) is 4.07. The summed E-state index contributed by atoms with van der Waals surface area (Å²) in [6.45, 7) is -0.767. The van der Waals surface area contributed by atoms with Gasteiger partial charge in [-0.2, -0.15) is 8.78 Å². The number of urea groups is 1. The molecule has 0 spiro atoms. The quantitative estimate of drug-likeness (QED) is 0.865. The van der Waals surface area contributed by atoms with Gasteiger partial charge < -0.3 is 19.9 Å². The molecule has 1 aliphatic heterocycles. The predicted octanol–water partition coefficient (Wildman–Crippen LogP) is 2.57. The Bertz CT molecular complexity index is 523. The summed E-state index contributed by atoms with van der Waals surface area (Å²) in [6, 6.07) is 6.84. The van der Waals surface area contributed by atoms with Gasteiger partial charge in [0.15, 0.2) is 0 Å². The summed E-state index contributed by atoms with van der Waals surface area (Å²) in [6.07, 6.45) is 2.78. The molecule has 1 N–H and O–H groups in total. The number of nitrogens with zero attached hydrogens (tertiary/aromatic N) is 2. The lowest BCUT2D eigenvalue weighted by Crippen LogP contribution is -2.50.